The van der Waals surface area contributed by atoms with E-state index in [2.05, 4.69) is 15.5 Å². The fraction of sp³-hybridized carbons (Fsp3) is 0.524. The summed E-state index contributed by atoms with van der Waals surface area (Å²) in [5.74, 6) is 0.448. The fourth-order valence-electron chi connectivity index (χ4n) is 3.31. The Morgan fingerprint density at radius 1 is 1.31 bits per heavy atom. The number of hydrogen-bond donors (Lipinski definition) is 1. The number of carbonyl (C=O) groups is 2. The van der Waals surface area contributed by atoms with Crippen LogP contribution in [0, 0.1) is 6.92 Å². The summed E-state index contributed by atoms with van der Waals surface area (Å²) in [6.45, 7) is 3.43. The van der Waals surface area contributed by atoms with E-state index in [-0.39, 0.29) is 11.9 Å². The topological polar surface area (TPSA) is 94.3 Å². The molecule has 1 saturated carbocycles. The van der Waals surface area contributed by atoms with Crippen molar-refractivity contribution in [1.29, 1.82) is 0 Å². The zero-order chi connectivity index (χ0) is 20.6. The van der Waals surface area contributed by atoms with Crippen LogP contribution in [-0.4, -0.2) is 34.2 Å². The predicted molar refractivity (Wildman–Crippen MR) is 110 cm³/mol. The number of nitrogens with one attached hydrogen (secondary N) is 1. The zero-order valence-corrected chi connectivity index (χ0v) is 17.7. The third-order valence-corrected chi connectivity index (χ3v) is 5.92. The molecule has 1 N–H and O–H groups in total. The zero-order valence-electron chi connectivity index (χ0n) is 16.8. The second-order valence-electron chi connectivity index (χ2n) is 7.32. The normalized spacial score (nSPS) is 16.1. The van der Waals surface area contributed by atoms with Crippen molar-refractivity contribution >= 4 is 23.6 Å². The van der Waals surface area contributed by atoms with Crippen LogP contribution < -0.4 is 5.32 Å². The molecule has 0 radical (unpaired) electrons. The minimum Gasteiger partial charge on any atom is -0.449 e. The van der Waals surface area contributed by atoms with Gasteiger partial charge in [0.1, 0.15) is 10.8 Å². The average molecular weight is 418 g/mol. The van der Waals surface area contributed by atoms with Crippen LogP contribution in [0.25, 0.3) is 0 Å². The number of nitrogens with zero attached hydrogens (tertiary/aromatic N) is 2. The number of aromatic nitrogens is 2. The average Bonchev–Trinajstić information content (AvgIpc) is 2.96. The molecule has 7 nitrogen and oxygen atoms in total. The monoisotopic (exact) mass is 417 g/mol. The Morgan fingerprint density at radius 3 is 2.76 bits per heavy atom. The lowest BCUT2D eigenvalue weighted by atomic mass is 10.1. The summed E-state index contributed by atoms with van der Waals surface area (Å²) in [5, 5.41) is 7.51. The van der Waals surface area contributed by atoms with Crippen molar-refractivity contribution < 1.29 is 18.8 Å². The Hall–Kier alpha value is -2.35. The Bertz CT molecular complexity index is 831. The Morgan fingerprint density at radius 2 is 2.07 bits per heavy atom. The second-order valence-corrected chi connectivity index (χ2v) is 8.28. The molecule has 2 heterocycles. The first-order valence-corrected chi connectivity index (χ1v) is 11.0. The Balaban J connectivity index is 1.57. The van der Waals surface area contributed by atoms with Gasteiger partial charge in [0, 0.05) is 24.1 Å². The standard InChI is InChI=1S/C21H27N3O4S/c1-14-12-17(24-28-14)13-29-20-18(10-7-11-22-20)21(26)27-15(2)19(25)23-16-8-5-3-4-6-9-16/h7,10-12,15-16H,3-6,8-9,13H2,1-2H3,(H,23,25)/t15-/m0/s1. The maximum absolute atomic E-state index is 12.7. The van der Waals surface area contributed by atoms with Gasteiger partial charge in [0.2, 0.25) is 0 Å². The summed E-state index contributed by atoms with van der Waals surface area (Å²) in [7, 11) is 0. The Kier molecular flexibility index (Phi) is 7.69. The smallest absolute Gasteiger partial charge is 0.341 e. The van der Waals surface area contributed by atoms with Crippen molar-refractivity contribution in [2.75, 3.05) is 0 Å². The minimum absolute atomic E-state index is 0.168. The first-order chi connectivity index (χ1) is 14.0. The fourth-order valence-corrected chi connectivity index (χ4v) is 4.17. The summed E-state index contributed by atoms with van der Waals surface area (Å²) >= 11 is 1.37. The van der Waals surface area contributed by atoms with E-state index < -0.39 is 12.1 Å². The van der Waals surface area contributed by atoms with Crippen molar-refractivity contribution in [3.8, 4) is 0 Å². The van der Waals surface area contributed by atoms with Crippen LogP contribution in [0.4, 0.5) is 0 Å². The highest BCUT2D eigenvalue weighted by molar-refractivity contribution is 7.98. The van der Waals surface area contributed by atoms with Crippen LogP contribution in [0.2, 0.25) is 0 Å². The van der Waals surface area contributed by atoms with Gasteiger partial charge < -0.3 is 14.6 Å². The lowest BCUT2D eigenvalue weighted by molar-refractivity contribution is -0.129. The van der Waals surface area contributed by atoms with Crippen LogP contribution in [0.1, 0.15) is 67.3 Å². The van der Waals surface area contributed by atoms with Gasteiger partial charge in [-0.3, -0.25) is 4.79 Å². The highest BCUT2D eigenvalue weighted by Gasteiger charge is 2.24. The lowest BCUT2D eigenvalue weighted by Crippen LogP contribution is -2.41. The highest BCUT2D eigenvalue weighted by atomic mass is 32.2. The summed E-state index contributed by atoms with van der Waals surface area (Å²) in [5.41, 5.74) is 1.11. The number of thioether (sulfide) groups is 1. The molecule has 1 amide bonds. The van der Waals surface area contributed by atoms with Crippen molar-refractivity contribution in [2.24, 2.45) is 0 Å². The maximum Gasteiger partial charge on any atom is 0.341 e. The van der Waals surface area contributed by atoms with E-state index in [0.29, 0.717) is 16.3 Å². The summed E-state index contributed by atoms with van der Waals surface area (Å²) in [4.78, 5) is 29.4. The van der Waals surface area contributed by atoms with E-state index in [0.717, 1.165) is 37.1 Å². The third-order valence-electron chi connectivity index (χ3n) is 4.88. The number of hydrogen-bond acceptors (Lipinski definition) is 7. The van der Waals surface area contributed by atoms with Crippen LogP contribution >= 0.6 is 11.8 Å². The number of amides is 1. The molecule has 8 heteroatoms. The number of aryl methyl sites for hydroxylation is 1. The molecule has 1 aliphatic rings. The van der Waals surface area contributed by atoms with E-state index in [4.69, 9.17) is 9.26 Å². The van der Waals surface area contributed by atoms with Crippen molar-refractivity contribution in [3.05, 3.63) is 41.4 Å². The molecule has 2 aromatic heterocycles. The molecule has 0 aliphatic heterocycles. The van der Waals surface area contributed by atoms with Gasteiger partial charge in [-0.1, -0.05) is 42.6 Å². The number of ether oxygens (including phenoxy) is 1. The minimum atomic E-state index is -0.859. The molecule has 1 fully saturated rings. The molecule has 2 aromatic rings. The van der Waals surface area contributed by atoms with Crippen molar-refractivity contribution in [1.82, 2.24) is 15.5 Å². The van der Waals surface area contributed by atoms with Gasteiger partial charge in [-0.25, -0.2) is 9.78 Å². The van der Waals surface area contributed by atoms with E-state index in [1.165, 1.54) is 24.6 Å². The number of pyridine rings is 1. The molecule has 0 aromatic carbocycles. The van der Waals surface area contributed by atoms with E-state index in [1.807, 2.05) is 13.0 Å². The predicted octanol–water partition coefficient (Wildman–Crippen LogP) is 4.05. The summed E-state index contributed by atoms with van der Waals surface area (Å²) < 4.78 is 10.5. The molecule has 156 valence electrons. The van der Waals surface area contributed by atoms with Gasteiger partial charge >= 0.3 is 5.97 Å². The van der Waals surface area contributed by atoms with E-state index in [1.54, 1.807) is 25.3 Å². The lowest BCUT2D eigenvalue weighted by Gasteiger charge is -2.20. The first-order valence-electron chi connectivity index (χ1n) is 10.0. The Labute approximate surface area is 175 Å². The molecule has 3 rings (SSSR count). The van der Waals surface area contributed by atoms with E-state index in [9.17, 15) is 9.59 Å². The van der Waals surface area contributed by atoms with Gasteiger partial charge in [-0.2, -0.15) is 0 Å². The maximum atomic E-state index is 12.7. The quantitative estimate of drug-likeness (QED) is 0.412. The molecular weight excluding hydrogens is 390 g/mol. The van der Waals surface area contributed by atoms with E-state index >= 15 is 0 Å². The van der Waals surface area contributed by atoms with Crippen LogP contribution in [0.15, 0.2) is 33.9 Å². The molecular formula is C21H27N3O4S. The van der Waals surface area contributed by atoms with Gasteiger partial charge in [0.15, 0.2) is 6.10 Å². The molecule has 0 bridgehead atoms. The van der Waals surface area contributed by atoms with Crippen molar-refractivity contribution in [3.63, 3.8) is 0 Å². The van der Waals surface area contributed by atoms with Crippen LogP contribution in [0.5, 0.6) is 0 Å². The highest BCUT2D eigenvalue weighted by Crippen LogP contribution is 2.25. The van der Waals surface area contributed by atoms with Crippen LogP contribution in [0.3, 0.4) is 0 Å². The number of esters is 1. The summed E-state index contributed by atoms with van der Waals surface area (Å²) in [6, 6.07) is 5.34. The molecule has 0 saturated heterocycles. The van der Waals surface area contributed by atoms with Gasteiger partial charge in [-0.05, 0) is 38.8 Å². The van der Waals surface area contributed by atoms with Gasteiger partial charge in [0.25, 0.3) is 5.91 Å². The SMILES string of the molecule is Cc1cc(CSc2ncccc2C(=O)O[C@@H](C)C(=O)NC2CCCCCC2)no1. The molecule has 29 heavy (non-hydrogen) atoms. The number of carbonyl (C=O) groups excluding carboxylic acids is 2. The van der Waals surface area contributed by atoms with Gasteiger partial charge in [-0.15, -0.1) is 0 Å². The first kappa shape index (κ1) is 21.4. The summed E-state index contributed by atoms with van der Waals surface area (Å²) in [6.07, 6.45) is 7.41. The molecule has 0 spiro atoms. The molecule has 1 atom stereocenters. The molecule has 0 unspecified atom stereocenters. The third kappa shape index (κ3) is 6.32. The van der Waals surface area contributed by atoms with Crippen molar-refractivity contribution in [2.45, 2.75) is 75.3 Å². The second kappa shape index (κ2) is 10.4. The molecule has 1 aliphatic carbocycles. The van der Waals surface area contributed by atoms with Gasteiger partial charge in [0.05, 0.1) is 11.3 Å². The largest absolute Gasteiger partial charge is 0.449 e. The van der Waals surface area contributed by atoms with Crippen LogP contribution in [-0.2, 0) is 15.3 Å². The number of rotatable bonds is 7.